The van der Waals surface area contributed by atoms with Gasteiger partial charge < -0.3 is 14.9 Å². The van der Waals surface area contributed by atoms with E-state index in [1.165, 1.54) is 26.0 Å². The lowest BCUT2D eigenvalue weighted by Crippen LogP contribution is -2.63. The van der Waals surface area contributed by atoms with Crippen LogP contribution in [0.2, 0.25) is 0 Å². The lowest BCUT2D eigenvalue weighted by molar-refractivity contribution is -0.127. The molecule has 0 radical (unpaired) electrons. The van der Waals surface area contributed by atoms with Crippen molar-refractivity contribution < 1.29 is 14.7 Å². The molecular weight excluding hydrogens is 384 g/mol. The van der Waals surface area contributed by atoms with Crippen LogP contribution in [0.4, 0.5) is 10.5 Å². The van der Waals surface area contributed by atoms with E-state index < -0.39 is 47.0 Å². The Balaban J connectivity index is 2.03. The van der Waals surface area contributed by atoms with Gasteiger partial charge in [-0.05, 0) is 6.42 Å². The van der Waals surface area contributed by atoms with Gasteiger partial charge in [-0.15, -0.1) is 10.2 Å². The number of carbonyl (C=O) groups excluding carboxylic acids is 2. The van der Waals surface area contributed by atoms with Crippen molar-refractivity contribution in [1.29, 1.82) is 0 Å². The van der Waals surface area contributed by atoms with Gasteiger partial charge in [-0.3, -0.25) is 24.0 Å². The number of likely N-dealkylation sites (N-methyl/N-ethyl adjacent to an activating group) is 1. The first-order valence-corrected chi connectivity index (χ1v) is 9.01. The summed E-state index contributed by atoms with van der Waals surface area (Å²) < 4.78 is 1.65. The maximum absolute atomic E-state index is 12.4. The molecule has 3 amide bonds. The Morgan fingerprint density at radius 3 is 2.45 bits per heavy atom. The fourth-order valence-electron chi connectivity index (χ4n) is 3.16. The van der Waals surface area contributed by atoms with Gasteiger partial charge in [0, 0.05) is 27.7 Å². The van der Waals surface area contributed by atoms with E-state index in [9.17, 15) is 24.3 Å². The lowest BCUT2D eigenvalue weighted by Gasteiger charge is -2.35. The highest BCUT2D eigenvalue weighted by Gasteiger charge is 2.48. The summed E-state index contributed by atoms with van der Waals surface area (Å²) in [7, 11) is 4.05. The topological polar surface area (TPSA) is 154 Å². The minimum absolute atomic E-state index is 0.0560. The second-order valence-electron chi connectivity index (χ2n) is 6.82. The number of imide groups is 1. The number of urea groups is 1. The Morgan fingerprint density at radius 1 is 1.10 bits per heavy atom. The predicted octanol–water partition coefficient (Wildman–Crippen LogP) is -0.779. The van der Waals surface area contributed by atoms with Crippen LogP contribution in [0.5, 0.6) is 5.88 Å². The Bertz CT molecular complexity index is 1040. The summed E-state index contributed by atoms with van der Waals surface area (Å²) in [6.07, 6.45) is 0.797. The molecule has 1 fully saturated rings. The minimum atomic E-state index is -0.824. The van der Waals surface area contributed by atoms with Gasteiger partial charge in [-0.1, -0.05) is 13.3 Å². The summed E-state index contributed by atoms with van der Waals surface area (Å²) in [6.45, 7) is 2.41. The van der Waals surface area contributed by atoms with Crippen molar-refractivity contribution in [3.05, 3.63) is 20.8 Å². The lowest BCUT2D eigenvalue weighted by atomic mass is 10.1. The fraction of sp³-hybridized carbons (Fsp3) is 0.562. The number of hydrogen-bond acceptors (Lipinski definition) is 9. The maximum Gasteiger partial charge on any atom is 0.333 e. The zero-order chi connectivity index (χ0) is 21.5. The molecule has 3 rings (SSSR count). The highest BCUT2D eigenvalue weighted by Crippen LogP contribution is 2.26. The van der Waals surface area contributed by atoms with Crippen molar-refractivity contribution in [2.75, 3.05) is 13.6 Å². The van der Waals surface area contributed by atoms with Crippen molar-refractivity contribution >= 4 is 23.6 Å². The second kappa shape index (κ2) is 7.48. The van der Waals surface area contributed by atoms with Crippen molar-refractivity contribution in [2.45, 2.75) is 32.0 Å². The van der Waals surface area contributed by atoms with Crippen LogP contribution in [-0.2, 0) is 18.9 Å². The third-order valence-electron chi connectivity index (χ3n) is 4.94. The largest absolute Gasteiger partial charge is 0.493 e. The van der Waals surface area contributed by atoms with Gasteiger partial charge in [0.25, 0.3) is 11.5 Å². The summed E-state index contributed by atoms with van der Waals surface area (Å²) in [5.74, 6) is -1.08. The first-order valence-electron chi connectivity index (χ1n) is 9.01. The first kappa shape index (κ1) is 20.2. The van der Waals surface area contributed by atoms with Gasteiger partial charge >= 0.3 is 11.7 Å². The number of azo groups is 1. The quantitative estimate of drug-likeness (QED) is 0.625. The number of aromatic hydroxyl groups is 1. The molecule has 1 saturated heterocycles. The molecule has 29 heavy (non-hydrogen) atoms. The van der Waals surface area contributed by atoms with Crippen LogP contribution in [0, 0.1) is 0 Å². The number of carbonyl (C=O) groups is 2. The van der Waals surface area contributed by atoms with E-state index in [-0.39, 0.29) is 5.96 Å². The van der Waals surface area contributed by atoms with E-state index >= 15 is 0 Å². The van der Waals surface area contributed by atoms with Gasteiger partial charge in [0.05, 0.1) is 0 Å². The average Bonchev–Trinajstić information content (AvgIpc) is 3.06. The SMILES string of the molecule is CCCCN1C(N=Nc2c(O)n(C)c(=O)n(C)c2=O)=NC2C1C(=O)NC(=O)N2C. The predicted molar refractivity (Wildman–Crippen MR) is 101 cm³/mol. The smallest absolute Gasteiger partial charge is 0.333 e. The molecule has 156 valence electrons. The van der Waals surface area contributed by atoms with Gasteiger partial charge in [0.15, 0.2) is 12.2 Å². The number of guanidine groups is 1. The molecule has 13 heteroatoms. The molecule has 1 aromatic heterocycles. The van der Waals surface area contributed by atoms with Gasteiger partial charge in [-0.25, -0.2) is 14.6 Å². The first-order chi connectivity index (χ1) is 13.7. The monoisotopic (exact) mass is 406 g/mol. The number of hydrogen-bond donors (Lipinski definition) is 2. The van der Waals surface area contributed by atoms with E-state index in [4.69, 9.17) is 0 Å². The zero-order valence-corrected chi connectivity index (χ0v) is 16.5. The molecule has 0 saturated carbocycles. The Kier molecular flexibility index (Phi) is 5.22. The standard InChI is InChI=1S/C16H22N8O5/c1-5-6-7-24-9-10(21(2)15(28)18-11(9)25)17-14(24)20-19-8-12(26)22(3)16(29)23(4)13(8)27/h9-10,26H,5-7H2,1-4H3,(H,18,25,28). The molecule has 0 bridgehead atoms. The van der Waals surface area contributed by atoms with Crippen LogP contribution in [-0.4, -0.2) is 67.7 Å². The van der Waals surface area contributed by atoms with Crippen LogP contribution in [0.15, 0.2) is 24.8 Å². The number of unbranched alkanes of at least 4 members (excludes halogenated alkanes) is 1. The van der Waals surface area contributed by atoms with E-state index in [2.05, 4.69) is 20.5 Å². The third kappa shape index (κ3) is 3.28. The molecule has 2 N–H and O–H groups in total. The highest BCUT2D eigenvalue weighted by atomic mass is 16.3. The number of nitrogens with one attached hydrogen (secondary N) is 1. The van der Waals surface area contributed by atoms with Crippen molar-refractivity contribution in [1.82, 2.24) is 24.3 Å². The summed E-state index contributed by atoms with van der Waals surface area (Å²) in [6, 6.07) is -1.34. The van der Waals surface area contributed by atoms with Crippen molar-refractivity contribution in [3.8, 4) is 5.88 Å². The normalized spacial score (nSPS) is 21.6. The number of amides is 3. The Hall–Kier alpha value is -3.51. The molecule has 2 unspecified atom stereocenters. The molecule has 0 spiro atoms. The van der Waals surface area contributed by atoms with E-state index in [0.717, 1.165) is 22.0 Å². The number of rotatable bonds is 4. The number of aromatic nitrogens is 2. The van der Waals surface area contributed by atoms with Gasteiger partial charge in [-0.2, -0.15) is 0 Å². The summed E-state index contributed by atoms with van der Waals surface area (Å²) in [5, 5.41) is 20.2. The minimum Gasteiger partial charge on any atom is -0.493 e. The molecule has 0 aliphatic carbocycles. The maximum atomic E-state index is 12.4. The zero-order valence-electron chi connectivity index (χ0n) is 16.5. The number of nitrogens with zero attached hydrogens (tertiary/aromatic N) is 7. The molecule has 13 nitrogen and oxygen atoms in total. The fourth-order valence-corrected chi connectivity index (χ4v) is 3.16. The second-order valence-corrected chi connectivity index (χ2v) is 6.82. The molecule has 1 aromatic rings. The molecule has 2 aliphatic heterocycles. The molecule has 3 heterocycles. The summed E-state index contributed by atoms with van der Waals surface area (Å²) >= 11 is 0. The Morgan fingerprint density at radius 2 is 1.79 bits per heavy atom. The molecular formula is C16H22N8O5. The summed E-state index contributed by atoms with van der Waals surface area (Å²) in [5.41, 5.74) is -1.97. The summed E-state index contributed by atoms with van der Waals surface area (Å²) in [4.78, 5) is 55.6. The van der Waals surface area contributed by atoms with Crippen LogP contribution >= 0.6 is 0 Å². The third-order valence-corrected chi connectivity index (χ3v) is 4.94. The van der Waals surface area contributed by atoms with Crippen LogP contribution < -0.4 is 16.6 Å². The van der Waals surface area contributed by atoms with Crippen molar-refractivity contribution in [3.63, 3.8) is 0 Å². The highest BCUT2D eigenvalue weighted by molar-refractivity contribution is 6.03. The number of aliphatic imine (C=N–C) groups is 1. The van der Waals surface area contributed by atoms with Crippen LogP contribution in [0.1, 0.15) is 19.8 Å². The van der Waals surface area contributed by atoms with Gasteiger partial charge in [0.1, 0.15) is 0 Å². The van der Waals surface area contributed by atoms with Crippen LogP contribution in [0.3, 0.4) is 0 Å². The molecule has 0 aromatic carbocycles. The Labute approximate surface area is 165 Å². The van der Waals surface area contributed by atoms with E-state index in [0.29, 0.717) is 6.54 Å². The number of fused-ring (bicyclic) bond motifs is 1. The van der Waals surface area contributed by atoms with Gasteiger partial charge in [0.2, 0.25) is 17.5 Å². The van der Waals surface area contributed by atoms with E-state index in [1.54, 1.807) is 4.90 Å². The average molecular weight is 406 g/mol. The molecule has 2 atom stereocenters. The van der Waals surface area contributed by atoms with Crippen LogP contribution in [0.25, 0.3) is 0 Å². The van der Waals surface area contributed by atoms with Crippen molar-refractivity contribution in [2.24, 2.45) is 29.3 Å². The molecule has 2 aliphatic rings. The van der Waals surface area contributed by atoms with E-state index in [1.807, 2.05) is 6.92 Å².